The van der Waals surface area contributed by atoms with Crippen LogP contribution < -0.4 is 20.7 Å². The molecule has 10 heteroatoms. The number of nitrogens with zero attached hydrogens (tertiary/aromatic N) is 1. The zero-order chi connectivity index (χ0) is 33.9. The van der Waals surface area contributed by atoms with E-state index in [1.807, 2.05) is 85.8 Å². The number of hydrogen-bond acceptors (Lipinski definition) is 6. The van der Waals surface area contributed by atoms with E-state index in [0.717, 1.165) is 40.8 Å². The van der Waals surface area contributed by atoms with E-state index in [1.54, 1.807) is 4.90 Å². The van der Waals surface area contributed by atoms with E-state index in [0.29, 0.717) is 32.5 Å². The van der Waals surface area contributed by atoms with Crippen molar-refractivity contribution in [1.82, 2.24) is 20.9 Å². The fourth-order valence-electron chi connectivity index (χ4n) is 6.39. The van der Waals surface area contributed by atoms with Gasteiger partial charge in [-0.1, -0.05) is 73.7 Å². The predicted octanol–water partition coefficient (Wildman–Crippen LogP) is 4.68. The third-order valence-corrected chi connectivity index (χ3v) is 9.07. The number of amides is 4. The lowest BCUT2D eigenvalue weighted by Crippen LogP contribution is -2.55. The molecule has 2 aliphatic rings. The molecule has 3 N–H and O–H groups in total. The molecule has 1 fully saturated rings. The second-order valence-electron chi connectivity index (χ2n) is 13.0. The summed E-state index contributed by atoms with van der Waals surface area (Å²) >= 11 is 0. The lowest BCUT2D eigenvalue weighted by molar-refractivity contribution is -0.137. The Morgan fingerprint density at radius 1 is 0.958 bits per heavy atom. The summed E-state index contributed by atoms with van der Waals surface area (Å²) in [4.78, 5) is 56.1. The number of ether oxygens (including phenoxy) is 2. The number of carbonyl (C=O) groups excluding carboxylic acids is 4. The first-order valence-corrected chi connectivity index (χ1v) is 16.8. The number of alkyl carbamates (subject to hydrolysis) is 1. The van der Waals surface area contributed by atoms with Crippen LogP contribution in [0.5, 0.6) is 5.75 Å². The highest BCUT2D eigenvalue weighted by atomic mass is 16.5. The van der Waals surface area contributed by atoms with Crippen LogP contribution in [0.3, 0.4) is 0 Å². The fourth-order valence-corrected chi connectivity index (χ4v) is 6.39. The van der Waals surface area contributed by atoms with Crippen LogP contribution in [0.1, 0.15) is 54.9 Å². The summed E-state index contributed by atoms with van der Waals surface area (Å²) in [5.41, 5.74) is 3.73. The Labute approximate surface area is 282 Å². The van der Waals surface area contributed by atoms with Gasteiger partial charge in [-0.05, 0) is 78.8 Å². The molecular formula is C38H46N4O6. The van der Waals surface area contributed by atoms with Crippen molar-refractivity contribution >= 4 is 23.8 Å². The third kappa shape index (κ3) is 10.1. The SMILES string of the molecule is Cc1ccc2cc1CNC(=O)[C@H](CCc1ccccc1)NC(=O)[C@@H](NC(=O)OCc1ccccc1)CC(=O)N1CC(C)CC(CCO2)C1. The van der Waals surface area contributed by atoms with Crippen molar-refractivity contribution in [3.05, 3.63) is 101 Å². The quantitative estimate of drug-likeness (QED) is 0.355. The first-order chi connectivity index (χ1) is 23.2. The normalized spacial score (nSPS) is 22.3. The summed E-state index contributed by atoms with van der Waals surface area (Å²) in [7, 11) is 0. The Hall–Kier alpha value is -4.86. The minimum absolute atomic E-state index is 0.00503. The number of piperidine rings is 1. The summed E-state index contributed by atoms with van der Waals surface area (Å²) in [6.07, 6.45) is 1.50. The van der Waals surface area contributed by atoms with Crippen LogP contribution in [0.2, 0.25) is 0 Å². The molecule has 0 radical (unpaired) electrons. The molecule has 3 aromatic rings. The summed E-state index contributed by atoms with van der Waals surface area (Å²) < 4.78 is 11.5. The maximum Gasteiger partial charge on any atom is 0.408 e. The standard InChI is InChI=1S/C38H46N4O6/c1-26-19-30-17-18-47-32-15-13-27(2)31(20-32)22-39-36(44)33(16-14-28-9-5-3-6-10-28)40-37(45)34(21-35(43)42(23-26)24-30)41-38(46)48-25-29-11-7-4-8-12-29/h3-13,15,20,26,30,33-34H,14,16-19,21-25H2,1-2H3,(H,39,44)(H,40,45)(H,41,46)/t26?,30?,33-,34-/m0/s1. The van der Waals surface area contributed by atoms with Gasteiger partial charge in [0.2, 0.25) is 17.7 Å². The van der Waals surface area contributed by atoms with Crippen LogP contribution in [-0.4, -0.2) is 60.5 Å². The van der Waals surface area contributed by atoms with Gasteiger partial charge in [-0.3, -0.25) is 14.4 Å². The van der Waals surface area contributed by atoms with Gasteiger partial charge in [-0.2, -0.15) is 0 Å². The summed E-state index contributed by atoms with van der Waals surface area (Å²) in [6, 6.07) is 22.6. The number of fused-ring (bicyclic) bond motifs is 4. The minimum atomic E-state index is -1.25. The van der Waals surface area contributed by atoms with Crippen molar-refractivity contribution in [2.75, 3.05) is 19.7 Å². The van der Waals surface area contributed by atoms with Crippen molar-refractivity contribution in [2.45, 2.75) is 71.2 Å². The average Bonchev–Trinajstić information content (AvgIpc) is 3.09. The molecule has 2 heterocycles. The number of carbonyl (C=O) groups is 4. The Balaban J connectivity index is 1.39. The lowest BCUT2D eigenvalue weighted by Gasteiger charge is -2.37. The third-order valence-electron chi connectivity index (χ3n) is 9.07. The molecule has 4 amide bonds. The van der Waals surface area contributed by atoms with E-state index in [4.69, 9.17) is 9.47 Å². The van der Waals surface area contributed by atoms with E-state index in [9.17, 15) is 19.2 Å². The molecule has 2 aliphatic heterocycles. The smallest absolute Gasteiger partial charge is 0.408 e. The molecule has 4 bridgehead atoms. The van der Waals surface area contributed by atoms with Crippen LogP contribution in [-0.2, 0) is 38.7 Å². The van der Waals surface area contributed by atoms with E-state index in [2.05, 4.69) is 22.9 Å². The van der Waals surface area contributed by atoms with E-state index >= 15 is 0 Å². The fraction of sp³-hybridized carbons (Fsp3) is 0.421. The summed E-state index contributed by atoms with van der Waals surface area (Å²) in [5, 5.41) is 8.47. The molecule has 48 heavy (non-hydrogen) atoms. The van der Waals surface area contributed by atoms with Crippen molar-refractivity contribution in [1.29, 1.82) is 0 Å². The van der Waals surface area contributed by atoms with Gasteiger partial charge in [0, 0.05) is 19.6 Å². The van der Waals surface area contributed by atoms with Crippen LogP contribution in [0.15, 0.2) is 78.9 Å². The van der Waals surface area contributed by atoms with E-state index in [1.165, 1.54) is 0 Å². The minimum Gasteiger partial charge on any atom is -0.494 e. The highest BCUT2D eigenvalue weighted by Gasteiger charge is 2.33. The van der Waals surface area contributed by atoms with Gasteiger partial charge in [0.05, 0.1) is 13.0 Å². The van der Waals surface area contributed by atoms with Crippen LogP contribution in [0.4, 0.5) is 4.79 Å². The molecule has 2 unspecified atom stereocenters. The van der Waals surface area contributed by atoms with Crippen LogP contribution in [0, 0.1) is 18.8 Å². The number of nitrogens with one attached hydrogen (secondary N) is 3. The maximum absolute atomic E-state index is 13.9. The molecule has 254 valence electrons. The predicted molar refractivity (Wildman–Crippen MR) is 182 cm³/mol. The zero-order valence-electron chi connectivity index (χ0n) is 27.8. The van der Waals surface area contributed by atoms with E-state index < -0.39 is 24.1 Å². The molecule has 4 atom stereocenters. The van der Waals surface area contributed by atoms with Gasteiger partial charge >= 0.3 is 6.09 Å². The van der Waals surface area contributed by atoms with Crippen molar-refractivity contribution < 1.29 is 28.7 Å². The Morgan fingerprint density at radius 3 is 2.44 bits per heavy atom. The largest absolute Gasteiger partial charge is 0.494 e. The molecule has 0 saturated carbocycles. The molecule has 0 spiro atoms. The average molecular weight is 655 g/mol. The van der Waals surface area contributed by atoms with Gasteiger partial charge in [0.15, 0.2) is 0 Å². The molecule has 10 nitrogen and oxygen atoms in total. The Bertz CT molecular complexity index is 1550. The van der Waals surface area contributed by atoms with Crippen molar-refractivity contribution in [2.24, 2.45) is 11.8 Å². The van der Waals surface area contributed by atoms with Gasteiger partial charge in [-0.15, -0.1) is 0 Å². The molecule has 0 aliphatic carbocycles. The number of benzene rings is 3. The highest BCUT2D eigenvalue weighted by Crippen LogP contribution is 2.26. The van der Waals surface area contributed by atoms with Crippen molar-refractivity contribution in [3.63, 3.8) is 0 Å². The molecule has 3 aromatic carbocycles. The molecular weight excluding hydrogens is 608 g/mol. The second-order valence-corrected chi connectivity index (χ2v) is 13.0. The molecule has 5 rings (SSSR count). The molecule has 1 saturated heterocycles. The zero-order valence-corrected chi connectivity index (χ0v) is 27.8. The van der Waals surface area contributed by atoms with Crippen LogP contribution in [0.25, 0.3) is 0 Å². The first-order valence-electron chi connectivity index (χ1n) is 16.8. The van der Waals surface area contributed by atoms with Gasteiger partial charge < -0.3 is 30.3 Å². The lowest BCUT2D eigenvalue weighted by atomic mass is 9.88. The van der Waals surface area contributed by atoms with Crippen LogP contribution >= 0.6 is 0 Å². The topological polar surface area (TPSA) is 126 Å². The van der Waals surface area contributed by atoms with Gasteiger partial charge in [0.1, 0.15) is 24.4 Å². The Kier molecular flexibility index (Phi) is 12.1. The second kappa shape index (κ2) is 16.8. The number of rotatable bonds is 6. The van der Waals surface area contributed by atoms with Gasteiger partial charge in [-0.25, -0.2) is 4.79 Å². The Morgan fingerprint density at radius 2 is 1.69 bits per heavy atom. The maximum atomic E-state index is 13.9. The van der Waals surface area contributed by atoms with Gasteiger partial charge in [0.25, 0.3) is 0 Å². The van der Waals surface area contributed by atoms with Crippen molar-refractivity contribution in [3.8, 4) is 5.75 Å². The summed E-state index contributed by atoms with van der Waals surface area (Å²) in [6.45, 7) is 5.95. The monoisotopic (exact) mass is 654 g/mol. The highest BCUT2D eigenvalue weighted by molar-refractivity contribution is 5.94. The number of hydrogen-bond donors (Lipinski definition) is 3. The number of aryl methyl sites for hydroxylation is 2. The molecule has 0 aromatic heterocycles. The first kappa shape index (κ1) is 34.5. The summed E-state index contributed by atoms with van der Waals surface area (Å²) in [5.74, 6) is -0.000905. The van der Waals surface area contributed by atoms with E-state index in [-0.39, 0.29) is 43.2 Å².